The van der Waals surface area contributed by atoms with E-state index in [0.29, 0.717) is 17.8 Å². The van der Waals surface area contributed by atoms with Crippen molar-refractivity contribution in [1.29, 1.82) is 0 Å². The zero-order chi connectivity index (χ0) is 20.3. The maximum atomic E-state index is 13.0. The number of alkyl halides is 3. The molecule has 1 amide bonds. The third kappa shape index (κ3) is 4.86. The van der Waals surface area contributed by atoms with Crippen LogP contribution in [-0.2, 0) is 11.0 Å². The van der Waals surface area contributed by atoms with Crippen LogP contribution in [0.25, 0.3) is 11.3 Å². The first kappa shape index (κ1) is 20.3. The summed E-state index contributed by atoms with van der Waals surface area (Å²) >= 11 is 0. The van der Waals surface area contributed by atoms with E-state index in [4.69, 9.17) is 0 Å². The molecule has 5 nitrogen and oxygen atoms in total. The van der Waals surface area contributed by atoms with Crippen LogP contribution in [0.4, 0.5) is 13.2 Å². The summed E-state index contributed by atoms with van der Waals surface area (Å²) in [7, 11) is 3.48. The van der Waals surface area contributed by atoms with Gasteiger partial charge in [0, 0.05) is 31.8 Å². The van der Waals surface area contributed by atoms with Crippen LogP contribution in [0, 0.1) is 0 Å². The first-order valence-corrected chi connectivity index (χ1v) is 9.16. The van der Waals surface area contributed by atoms with E-state index in [1.165, 1.54) is 12.3 Å². The van der Waals surface area contributed by atoms with Crippen LogP contribution < -0.4 is 0 Å². The summed E-state index contributed by atoms with van der Waals surface area (Å²) in [6, 6.07) is 5.14. The van der Waals surface area contributed by atoms with Crippen molar-refractivity contribution in [3.63, 3.8) is 0 Å². The number of amides is 1. The van der Waals surface area contributed by atoms with Crippen LogP contribution in [0.3, 0.4) is 0 Å². The molecule has 0 unspecified atom stereocenters. The van der Waals surface area contributed by atoms with Crippen molar-refractivity contribution < 1.29 is 18.0 Å². The SMILES string of the molecule is CN(C)C(=O)CN1CCC(c2cncc(-c3cccc(C(F)(F)F)c3)n2)CC1. The Morgan fingerprint density at radius 3 is 2.57 bits per heavy atom. The fraction of sp³-hybridized carbons (Fsp3) is 0.450. The molecule has 150 valence electrons. The Bertz CT molecular complexity index is 830. The van der Waals surface area contributed by atoms with E-state index in [1.807, 2.05) is 0 Å². The summed E-state index contributed by atoms with van der Waals surface area (Å²) in [5.74, 6) is 0.258. The van der Waals surface area contributed by atoms with Gasteiger partial charge in [-0.25, -0.2) is 4.98 Å². The third-order valence-corrected chi connectivity index (χ3v) is 5.00. The van der Waals surface area contributed by atoms with Crippen LogP contribution in [0.1, 0.15) is 30.0 Å². The molecule has 8 heteroatoms. The lowest BCUT2D eigenvalue weighted by atomic mass is 9.93. The van der Waals surface area contributed by atoms with Crippen LogP contribution in [0.2, 0.25) is 0 Å². The Balaban J connectivity index is 1.70. The largest absolute Gasteiger partial charge is 0.416 e. The molecule has 3 rings (SSSR count). The van der Waals surface area contributed by atoms with Crippen molar-refractivity contribution in [3.8, 4) is 11.3 Å². The Morgan fingerprint density at radius 1 is 1.21 bits per heavy atom. The van der Waals surface area contributed by atoms with Crippen molar-refractivity contribution in [2.45, 2.75) is 24.9 Å². The fourth-order valence-corrected chi connectivity index (χ4v) is 3.29. The number of likely N-dealkylation sites (tertiary alicyclic amines) is 1. The van der Waals surface area contributed by atoms with Crippen molar-refractivity contribution in [1.82, 2.24) is 19.8 Å². The number of hydrogen-bond donors (Lipinski definition) is 0. The molecule has 0 aliphatic carbocycles. The maximum Gasteiger partial charge on any atom is 0.416 e. The van der Waals surface area contributed by atoms with Gasteiger partial charge in [0.1, 0.15) is 0 Å². The monoisotopic (exact) mass is 392 g/mol. The van der Waals surface area contributed by atoms with Gasteiger partial charge in [0.2, 0.25) is 5.91 Å². The second-order valence-electron chi connectivity index (χ2n) is 7.25. The normalized spacial score (nSPS) is 16.2. The van der Waals surface area contributed by atoms with Crippen LogP contribution in [-0.4, -0.2) is 59.4 Å². The van der Waals surface area contributed by atoms with Crippen LogP contribution in [0.15, 0.2) is 36.7 Å². The zero-order valence-electron chi connectivity index (χ0n) is 15.9. The minimum absolute atomic E-state index is 0.0739. The average molecular weight is 392 g/mol. The molecule has 28 heavy (non-hydrogen) atoms. The second kappa shape index (κ2) is 8.26. The van der Waals surface area contributed by atoms with E-state index in [1.54, 1.807) is 31.3 Å². The standard InChI is InChI=1S/C20H23F3N4O/c1-26(2)19(28)13-27-8-6-14(7-9-27)17-11-24-12-18(25-17)15-4-3-5-16(10-15)20(21,22)23/h3-5,10-12,14H,6-9,13H2,1-2H3. The molecule has 0 atom stereocenters. The molecule has 0 radical (unpaired) electrons. The van der Waals surface area contributed by atoms with E-state index in [9.17, 15) is 18.0 Å². The smallest absolute Gasteiger partial charge is 0.348 e. The van der Waals surface area contributed by atoms with Crippen molar-refractivity contribution in [2.75, 3.05) is 33.7 Å². The Morgan fingerprint density at radius 2 is 1.93 bits per heavy atom. The summed E-state index contributed by atoms with van der Waals surface area (Å²) in [4.78, 5) is 24.3. The molecule has 1 saturated heterocycles. The molecule has 0 spiro atoms. The highest BCUT2D eigenvalue weighted by Gasteiger charge is 2.30. The van der Waals surface area contributed by atoms with E-state index in [2.05, 4.69) is 14.9 Å². The molecule has 1 aromatic heterocycles. The Kier molecular flexibility index (Phi) is 5.98. The lowest BCUT2D eigenvalue weighted by molar-refractivity contribution is -0.137. The van der Waals surface area contributed by atoms with Gasteiger partial charge in [0.15, 0.2) is 0 Å². The lowest BCUT2D eigenvalue weighted by Gasteiger charge is -2.31. The number of aromatic nitrogens is 2. The molecule has 0 N–H and O–H groups in total. The molecule has 1 fully saturated rings. The van der Waals surface area contributed by atoms with Crippen LogP contribution in [0.5, 0.6) is 0 Å². The number of nitrogens with zero attached hydrogens (tertiary/aromatic N) is 4. The number of carbonyl (C=O) groups is 1. The topological polar surface area (TPSA) is 49.3 Å². The first-order valence-electron chi connectivity index (χ1n) is 9.16. The summed E-state index contributed by atoms with van der Waals surface area (Å²) < 4.78 is 38.9. The number of carbonyl (C=O) groups excluding carboxylic acids is 1. The minimum atomic E-state index is -4.39. The van der Waals surface area contributed by atoms with Crippen LogP contribution >= 0.6 is 0 Å². The maximum absolute atomic E-state index is 13.0. The van der Waals surface area contributed by atoms with E-state index >= 15 is 0 Å². The van der Waals surface area contributed by atoms with Gasteiger partial charge in [-0.2, -0.15) is 13.2 Å². The number of hydrogen-bond acceptors (Lipinski definition) is 4. The Labute approximate surface area is 162 Å². The van der Waals surface area contributed by atoms with Gasteiger partial charge >= 0.3 is 6.18 Å². The van der Waals surface area contributed by atoms with Gasteiger partial charge in [-0.3, -0.25) is 14.7 Å². The number of halogens is 3. The van der Waals surface area contributed by atoms with E-state index in [0.717, 1.165) is 43.8 Å². The van der Waals surface area contributed by atoms with Crippen molar-refractivity contribution >= 4 is 5.91 Å². The molecule has 2 aromatic rings. The molecule has 1 aliphatic heterocycles. The lowest BCUT2D eigenvalue weighted by Crippen LogP contribution is -2.40. The number of rotatable bonds is 4. The highest BCUT2D eigenvalue weighted by atomic mass is 19.4. The van der Waals surface area contributed by atoms with Gasteiger partial charge in [-0.15, -0.1) is 0 Å². The zero-order valence-corrected chi connectivity index (χ0v) is 15.9. The number of piperidine rings is 1. The van der Waals surface area contributed by atoms with E-state index < -0.39 is 11.7 Å². The highest BCUT2D eigenvalue weighted by Crippen LogP contribution is 2.32. The molecular weight excluding hydrogens is 369 g/mol. The van der Waals surface area contributed by atoms with E-state index in [-0.39, 0.29) is 11.8 Å². The van der Waals surface area contributed by atoms with Gasteiger partial charge in [0.25, 0.3) is 0 Å². The van der Waals surface area contributed by atoms with Gasteiger partial charge in [0.05, 0.1) is 29.7 Å². The quantitative estimate of drug-likeness (QED) is 0.800. The molecule has 1 aromatic carbocycles. The third-order valence-electron chi connectivity index (χ3n) is 5.00. The first-order chi connectivity index (χ1) is 13.2. The number of benzene rings is 1. The molecule has 1 aliphatic rings. The van der Waals surface area contributed by atoms with Gasteiger partial charge in [-0.05, 0) is 38.1 Å². The van der Waals surface area contributed by atoms with Crippen molar-refractivity contribution in [3.05, 3.63) is 47.9 Å². The molecule has 2 heterocycles. The molecular formula is C20H23F3N4O. The fourth-order valence-electron chi connectivity index (χ4n) is 3.29. The summed E-state index contributed by atoms with van der Waals surface area (Å²) in [6.45, 7) is 1.95. The number of likely N-dealkylation sites (N-methyl/N-ethyl adjacent to an activating group) is 1. The van der Waals surface area contributed by atoms with Crippen molar-refractivity contribution in [2.24, 2.45) is 0 Å². The van der Waals surface area contributed by atoms with Gasteiger partial charge in [-0.1, -0.05) is 12.1 Å². The molecule has 0 saturated carbocycles. The predicted molar refractivity (Wildman–Crippen MR) is 99.6 cm³/mol. The van der Waals surface area contributed by atoms with Gasteiger partial charge < -0.3 is 4.90 Å². The average Bonchev–Trinajstić information content (AvgIpc) is 2.68. The molecule has 0 bridgehead atoms. The highest BCUT2D eigenvalue weighted by molar-refractivity contribution is 5.77. The summed E-state index contributed by atoms with van der Waals surface area (Å²) in [6.07, 6.45) is 0.451. The summed E-state index contributed by atoms with van der Waals surface area (Å²) in [5, 5.41) is 0. The predicted octanol–water partition coefficient (Wildman–Crippen LogP) is 3.43. The Hall–Kier alpha value is -2.48. The minimum Gasteiger partial charge on any atom is -0.348 e. The second-order valence-corrected chi connectivity index (χ2v) is 7.25. The summed E-state index contributed by atoms with van der Waals surface area (Å²) in [5.41, 5.74) is 0.927.